The van der Waals surface area contributed by atoms with E-state index in [1.165, 1.54) is 24.4 Å². The zero-order valence-corrected chi connectivity index (χ0v) is 15.8. The van der Waals surface area contributed by atoms with E-state index in [0.717, 1.165) is 5.69 Å². The van der Waals surface area contributed by atoms with Crippen LogP contribution >= 0.6 is 27.5 Å². The summed E-state index contributed by atoms with van der Waals surface area (Å²) in [6.07, 6.45) is 4.97. The minimum Gasteiger partial charge on any atom is -0.385 e. The molecule has 0 bridgehead atoms. The molecule has 0 radical (unpaired) electrons. The number of nitrogens with two attached hydrogens (primary N) is 1. The van der Waals surface area contributed by atoms with Gasteiger partial charge in [0.1, 0.15) is 17.5 Å². The number of nitrogens with one attached hydrogen (secondary N) is 2. The lowest BCUT2D eigenvalue weighted by molar-refractivity contribution is 0.628. The molecule has 0 aliphatic carbocycles. The van der Waals surface area contributed by atoms with E-state index in [1.54, 1.807) is 12.5 Å². The first-order valence-corrected chi connectivity index (χ1v) is 8.33. The Morgan fingerprint density at radius 3 is 2.96 bits per heavy atom. The van der Waals surface area contributed by atoms with E-state index in [0.29, 0.717) is 28.4 Å². The summed E-state index contributed by atoms with van der Waals surface area (Å²) in [5.74, 6) is 0.279. The summed E-state index contributed by atoms with van der Waals surface area (Å²) < 4.78 is 15.6. The predicted molar refractivity (Wildman–Crippen MR) is 103 cm³/mol. The van der Waals surface area contributed by atoms with Gasteiger partial charge in [-0.1, -0.05) is 18.2 Å². The fourth-order valence-corrected chi connectivity index (χ4v) is 2.23. The number of nitrogens with zero attached hydrogens (tertiary/aromatic N) is 3. The number of anilines is 1. The van der Waals surface area contributed by atoms with E-state index in [-0.39, 0.29) is 5.02 Å². The van der Waals surface area contributed by atoms with Crippen LogP contribution in [0.2, 0.25) is 5.02 Å². The van der Waals surface area contributed by atoms with Crippen LogP contribution < -0.4 is 16.4 Å². The maximum absolute atomic E-state index is 13.1. The van der Waals surface area contributed by atoms with Crippen molar-refractivity contribution in [2.75, 3.05) is 5.32 Å². The second kappa shape index (κ2) is 8.68. The molecule has 1 aromatic heterocycles. The summed E-state index contributed by atoms with van der Waals surface area (Å²) in [7, 11) is 1.90. The van der Waals surface area contributed by atoms with Crippen LogP contribution in [-0.4, -0.2) is 15.8 Å². The molecule has 0 aliphatic heterocycles. The Bertz CT molecular complexity index is 830. The van der Waals surface area contributed by atoms with Gasteiger partial charge in [0.2, 0.25) is 0 Å². The smallest absolute Gasteiger partial charge is 0.141 e. The molecule has 0 saturated heterocycles. The Hall–Kier alpha value is -2.32. The first kappa shape index (κ1) is 19.0. The van der Waals surface area contributed by atoms with E-state index in [2.05, 4.69) is 43.1 Å². The molecule has 25 heavy (non-hydrogen) atoms. The van der Waals surface area contributed by atoms with Crippen LogP contribution in [0, 0.1) is 5.82 Å². The number of rotatable bonds is 7. The first-order valence-electron chi connectivity index (χ1n) is 7.16. The zero-order valence-electron chi connectivity index (χ0n) is 13.4. The molecule has 1 aromatic carbocycles. The van der Waals surface area contributed by atoms with Crippen LogP contribution in [0.1, 0.15) is 5.69 Å². The van der Waals surface area contributed by atoms with Crippen LogP contribution in [0.15, 0.2) is 58.4 Å². The largest absolute Gasteiger partial charge is 0.385 e. The van der Waals surface area contributed by atoms with Gasteiger partial charge in [-0.3, -0.25) is 0 Å². The number of allylic oxidation sites excluding steroid dienone is 1. The number of aryl methyl sites for hydroxylation is 1. The summed E-state index contributed by atoms with van der Waals surface area (Å²) in [5, 5.41) is 5.99. The molecular weight excluding hydrogens is 411 g/mol. The Balaban J connectivity index is 1.92. The quantitative estimate of drug-likeness (QED) is 0.591. The van der Waals surface area contributed by atoms with Crippen molar-refractivity contribution in [1.82, 2.24) is 14.9 Å². The number of hydrogen-bond acceptors (Lipinski definition) is 5. The third kappa shape index (κ3) is 5.61. The third-order valence-corrected chi connectivity index (χ3v) is 4.10. The van der Waals surface area contributed by atoms with Gasteiger partial charge in [0.25, 0.3) is 0 Å². The van der Waals surface area contributed by atoms with E-state index < -0.39 is 5.82 Å². The number of benzene rings is 1. The lowest BCUT2D eigenvalue weighted by Gasteiger charge is -2.08. The Morgan fingerprint density at radius 2 is 2.32 bits per heavy atom. The van der Waals surface area contributed by atoms with Crippen molar-refractivity contribution >= 4 is 39.4 Å². The molecule has 2 rings (SSSR count). The molecule has 0 amide bonds. The summed E-state index contributed by atoms with van der Waals surface area (Å²) in [4.78, 5) is 8.18. The molecule has 0 atom stereocenters. The number of aromatic nitrogens is 2. The second-order valence-corrected chi connectivity index (χ2v) is 6.33. The van der Waals surface area contributed by atoms with Gasteiger partial charge < -0.3 is 20.9 Å². The van der Waals surface area contributed by atoms with Gasteiger partial charge in [-0.2, -0.15) is 0 Å². The summed E-state index contributed by atoms with van der Waals surface area (Å²) in [6.45, 7) is 4.30. The number of aliphatic imine (C=N–C) groups is 1. The van der Waals surface area contributed by atoms with Crippen LogP contribution in [0.25, 0.3) is 0 Å². The van der Waals surface area contributed by atoms with Crippen LogP contribution in [0.5, 0.6) is 0 Å². The molecule has 0 spiro atoms. The molecule has 2 aromatic rings. The maximum Gasteiger partial charge on any atom is 0.141 e. The molecule has 6 nitrogen and oxygen atoms in total. The fourth-order valence-electron chi connectivity index (χ4n) is 1.80. The van der Waals surface area contributed by atoms with E-state index in [1.807, 2.05) is 11.6 Å². The summed E-state index contributed by atoms with van der Waals surface area (Å²) >= 11 is 9.07. The zero-order chi connectivity index (χ0) is 18.4. The third-order valence-electron chi connectivity index (χ3n) is 3.18. The van der Waals surface area contributed by atoms with Crippen molar-refractivity contribution in [3.63, 3.8) is 0 Å². The number of halogens is 3. The van der Waals surface area contributed by atoms with Crippen molar-refractivity contribution in [3.8, 4) is 0 Å². The standard InChI is InChI=1S/C16H17BrClFN6/c1-10(24-11-3-4-15(19)14(18)5-11)22-8-13(17)16(20)23-7-12-6-21-9-25(12)2/h3-6,8-9,23-24H,1,7,20H2,2H3/b16-13-,22-8-. The van der Waals surface area contributed by atoms with Gasteiger partial charge in [-0.25, -0.2) is 14.4 Å². The highest BCUT2D eigenvalue weighted by Gasteiger charge is 2.03. The van der Waals surface area contributed by atoms with Gasteiger partial charge in [-0.05, 0) is 34.1 Å². The SMILES string of the molecule is C=C(/N=C\C(Br)=C(/N)NCc1cncn1C)Nc1ccc(F)c(Cl)c1. The Kier molecular flexibility index (Phi) is 6.60. The van der Waals surface area contributed by atoms with Gasteiger partial charge in [0, 0.05) is 25.1 Å². The molecule has 132 valence electrons. The highest BCUT2D eigenvalue weighted by Crippen LogP contribution is 2.20. The summed E-state index contributed by atoms with van der Waals surface area (Å²) in [6, 6.07) is 4.25. The fraction of sp³-hybridized carbons (Fsp3) is 0.125. The highest BCUT2D eigenvalue weighted by molar-refractivity contribution is 9.12. The first-order chi connectivity index (χ1) is 11.9. The molecule has 4 N–H and O–H groups in total. The van der Waals surface area contributed by atoms with Crippen molar-refractivity contribution < 1.29 is 4.39 Å². The Labute approximate surface area is 158 Å². The van der Waals surface area contributed by atoms with Crippen LogP contribution in [0.3, 0.4) is 0 Å². The normalized spacial score (nSPS) is 12.2. The minimum atomic E-state index is -0.487. The lowest BCUT2D eigenvalue weighted by Crippen LogP contribution is -2.22. The van der Waals surface area contributed by atoms with Crippen molar-refractivity contribution in [1.29, 1.82) is 0 Å². The topological polar surface area (TPSA) is 80.3 Å². The maximum atomic E-state index is 13.1. The molecule has 9 heteroatoms. The summed E-state index contributed by atoms with van der Waals surface area (Å²) in [5.41, 5.74) is 7.52. The van der Waals surface area contributed by atoms with Crippen molar-refractivity contribution in [2.24, 2.45) is 17.8 Å². The van der Waals surface area contributed by atoms with Crippen molar-refractivity contribution in [3.05, 3.63) is 70.0 Å². The monoisotopic (exact) mass is 426 g/mol. The van der Waals surface area contributed by atoms with E-state index in [9.17, 15) is 4.39 Å². The molecule has 0 saturated carbocycles. The molecule has 0 aliphatic rings. The number of imidazole rings is 1. The average Bonchev–Trinajstić information content (AvgIpc) is 2.99. The van der Waals surface area contributed by atoms with Gasteiger partial charge >= 0.3 is 0 Å². The van der Waals surface area contributed by atoms with E-state index >= 15 is 0 Å². The minimum absolute atomic E-state index is 0.0199. The predicted octanol–water partition coefficient (Wildman–Crippen LogP) is 3.48. The molecule has 0 fully saturated rings. The molecular formula is C16H17BrClFN6. The van der Waals surface area contributed by atoms with Gasteiger partial charge in [0.15, 0.2) is 0 Å². The van der Waals surface area contributed by atoms with E-state index in [4.69, 9.17) is 17.3 Å². The van der Waals surface area contributed by atoms with Crippen LogP contribution in [-0.2, 0) is 13.6 Å². The molecule has 1 heterocycles. The van der Waals surface area contributed by atoms with Crippen molar-refractivity contribution in [2.45, 2.75) is 6.54 Å². The van der Waals surface area contributed by atoms with Gasteiger partial charge in [-0.15, -0.1) is 0 Å². The van der Waals surface area contributed by atoms with Gasteiger partial charge in [0.05, 0.1) is 28.1 Å². The highest BCUT2D eigenvalue weighted by atomic mass is 79.9. The second-order valence-electron chi connectivity index (χ2n) is 5.07. The average molecular weight is 428 g/mol. The lowest BCUT2D eigenvalue weighted by atomic mass is 10.3. The Morgan fingerprint density at radius 1 is 1.56 bits per heavy atom. The number of hydrogen-bond donors (Lipinski definition) is 3. The van der Waals surface area contributed by atoms with Crippen LogP contribution in [0.4, 0.5) is 10.1 Å². The molecule has 0 unspecified atom stereocenters.